The SMILES string of the molecule is CCC(=O)C1CC=C(SC)C=C1S. The average molecular weight is 214 g/mol. The van der Waals surface area contributed by atoms with Crippen molar-refractivity contribution in [2.75, 3.05) is 6.26 Å². The van der Waals surface area contributed by atoms with Gasteiger partial charge in [-0.1, -0.05) is 13.0 Å². The van der Waals surface area contributed by atoms with Crippen LogP contribution in [-0.2, 0) is 4.79 Å². The third-order valence-corrected chi connectivity index (χ3v) is 3.37. The van der Waals surface area contributed by atoms with Gasteiger partial charge in [0.25, 0.3) is 0 Å². The average Bonchev–Trinajstić information content (AvgIpc) is 2.16. The van der Waals surface area contributed by atoms with Crippen LogP contribution in [0.1, 0.15) is 19.8 Å². The largest absolute Gasteiger partial charge is 0.299 e. The Balaban J connectivity index is 2.73. The summed E-state index contributed by atoms with van der Waals surface area (Å²) in [7, 11) is 0. The second kappa shape index (κ2) is 4.91. The summed E-state index contributed by atoms with van der Waals surface area (Å²) in [4.78, 5) is 13.6. The molecule has 1 atom stereocenters. The van der Waals surface area contributed by atoms with Crippen LogP contribution < -0.4 is 0 Å². The van der Waals surface area contributed by atoms with Gasteiger partial charge in [0.15, 0.2) is 0 Å². The Labute approximate surface area is 89.1 Å². The zero-order valence-electron chi connectivity index (χ0n) is 7.91. The van der Waals surface area contributed by atoms with E-state index in [1.165, 1.54) is 4.91 Å². The number of hydrogen-bond donors (Lipinski definition) is 1. The Bertz CT molecular complexity index is 266. The Hall–Kier alpha value is -0.150. The normalized spacial score (nSPS) is 22.2. The minimum absolute atomic E-state index is 0.0178. The van der Waals surface area contributed by atoms with Crippen LogP contribution in [0.2, 0.25) is 0 Å². The molecule has 1 rings (SSSR count). The standard InChI is InChI=1S/C10H14OS2/c1-3-9(11)8-5-4-7(13-2)6-10(8)12/h4,6,8,12H,3,5H2,1-2H3. The first-order valence-electron chi connectivity index (χ1n) is 4.36. The maximum Gasteiger partial charge on any atom is 0.140 e. The molecule has 72 valence electrons. The van der Waals surface area contributed by atoms with Gasteiger partial charge < -0.3 is 0 Å². The highest BCUT2D eigenvalue weighted by Crippen LogP contribution is 2.31. The molecule has 13 heavy (non-hydrogen) atoms. The van der Waals surface area contributed by atoms with Crippen molar-refractivity contribution in [1.82, 2.24) is 0 Å². The van der Waals surface area contributed by atoms with Gasteiger partial charge in [-0.15, -0.1) is 24.4 Å². The van der Waals surface area contributed by atoms with E-state index in [1.807, 2.05) is 19.3 Å². The highest BCUT2D eigenvalue weighted by atomic mass is 32.2. The molecule has 3 heteroatoms. The van der Waals surface area contributed by atoms with Crippen LogP contribution in [-0.4, -0.2) is 12.0 Å². The minimum Gasteiger partial charge on any atom is -0.299 e. The zero-order chi connectivity index (χ0) is 9.84. The third kappa shape index (κ3) is 2.64. The van der Waals surface area contributed by atoms with Crippen LogP contribution in [0, 0.1) is 5.92 Å². The van der Waals surface area contributed by atoms with Gasteiger partial charge in [-0.05, 0) is 23.7 Å². The molecular formula is C10H14OS2. The molecule has 0 heterocycles. The first kappa shape index (κ1) is 10.9. The molecule has 1 unspecified atom stereocenters. The van der Waals surface area contributed by atoms with Gasteiger partial charge in [0.05, 0.1) is 5.92 Å². The Morgan fingerprint density at radius 3 is 2.92 bits per heavy atom. The van der Waals surface area contributed by atoms with E-state index in [2.05, 4.69) is 18.7 Å². The maximum absolute atomic E-state index is 11.4. The van der Waals surface area contributed by atoms with Crippen molar-refractivity contribution in [3.63, 3.8) is 0 Å². The second-order valence-electron chi connectivity index (χ2n) is 2.99. The van der Waals surface area contributed by atoms with Crippen LogP contribution >= 0.6 is 24.4 Å². The summed E-state index contributed by atoms with van der Waals surface area (Å²) in [6.45, 7) is 1.90. The first-order chi connectivity index (χ1) is 6.19. The summed E-state index contributed by atoms with van der Waals surface area (Å²) in [5.41, 5.74) is 0. The van der Waals surface area contributed by atoms with Crippen molar-refractivity contribution in [2.24, 2.45) is 5.92 Å². The summed E-state index contributed by atoms with van der Waals surface area (Å²) in [6, 6.07) is 0. The molecular weight excluding hydrogens is 200 g/mol. The molecule has 0 aromatic carbocycles. The zero-order valence-corrected chi connectivity index (χ0v) is 9.62. The number of rotatable bonds is 3. The minimum atomic E-state index is 0.0178. The van der Waals surface area contributed by atoms with Crippen LogP contribution in [0.25, 0.3) is 0 Å². The van der Waals surface area contributed by atoms with Crippen LogP contribution in [0.4, 0.5) is 0 Å². The predicted molar refractivity (Wildman–Crippen MR) is 62.1 cm³/mol. The van der Waals surface area contributed by atoms with Crippen molar-refractivity contribution < 1.29 is 4.79 Å². The van der Waals surface area contributed by atoms with E-state index in [1.54, 1.807) is 11.8 Å². The highest BCUT2D eigenvalue weighted by Gasteiger charge is 2.21. The lowest BCUT2D eigenvalue weighted by atomic mass is 9.94. The lowest BCUT2D eigenvalue weighted by molar-refractivity contribution is -0.121. The van der Waals surface area contributed by atoms with E-state index >= 15 is 0 Å². The molecule has 1 aliphatic rings. The van der Waals surface area contributed by atoms with E-state index in [4.69, 9.17) is 0 Å². The summed E-state index contributed by atoms with van der Waals surface area (Å²) in [5.74, 6) is 0.307. The molecule has 0 aromatic rings. The third-order valence-electron chi connectivity index (χ3n) is 2.17. The molecule has 1 aliphatic carbocycles. The fourth-order valence-corrected chi connectivity index (χ4v) is 2.33. The fourth-order valence-electron chi connectivity index (χ4n) is 1.35. The molecule has 0 bridgehead atoms. The summed E-state index contributed by atoms with van der Waals surface area (Å²) in [5, 5.41) is 0. The van der Waals surface area contributed by atoms with Crippen LogP contribution in [0.3, 0.4) is 0 Å². The summed E-state index contributed by atoms with van der Waals surface area (Å²) in [6.07, 6.45) is 7.56. The van der Waals surface area contributed by atoms with Crippen LogP contribution in [0.15, 0.2) is 22.0 Å². The van der Waals surface area contributed by atoms with Crippen molar-refractivity contribution in [2.45, 2.75) is 19.8 Å². The molecule has 0 radical (unpaired) electrons. The highest BCUT2D eigenvalue weighted by molar-refractivity contribution is 8.02. The van der Waals surface area contributed by atoms with Gasteiger partial charge in [-0.2, -0.15) is 0 Å². The number of hydrogen-bond acceptors (Lipinski definition) is 3. The van der Waals surface area contributed by atoms with Gasteiger partial charge in [0.2, 0.25) is 0 Å². The summed E-state index contributed by atoms with van der Waals surface area (Å²) >= 11 is 6.04. The predicted octanol–water partition coefficient (Wildman–Crippen LogP) is 3.05. The van der Waals surface area contributed by atoms with Gasteiger partial charge in [-0.3, -0.25) is 4.79 Å². The van der Waals surface area contributed by atoms with Crippen LogP contribution in [0.5, 0.6) is 0 Å². The molecule has 0 N–H and O–H groups in total. The monoisotopic (exact) mass is 214 g/mol. The number of allylic oxidation sites excluding steroid dienone is 3. The van der Waals surface area contributed by atoms with Gasteiger partial charge in [0, 0.05) is 11.3 Å². The number of ketones is 1. The Morgan fingerprint density at radius 1 is 1.77 bits per heavy atom. The molecule has 0 fully saturated rings. The molecule has 0 spiro atoms. The van der Waals surface area contributed by atoms with Crippen molar-refractivity contribution in [3.8, 4) is 0 Å². The fraction of sp³-hybridized carbons (Fsp3) is 0.500. The second-order valence-corrected chi connectivity index (χ2v) is 4.38. The quantitative estimate of drug-likeness (QED) is 0.727. The lowest BCUT2D eigenvalue weighted by Gasteiger charge is -2.18. The van der Waals surface area contributed by atoms with Gasteiger partial charge >= 0.3 is 0 Å². The molecule has 0 saturated heterocycles. The molecule has 0 amide bonds. The van der Waals surface area contributed by atoms with E-state index in [0.29, 0.717) is 6.42 Å². The number of carbonyl (C=O) groups excluding carboxylic acids is 1. The Morgan fingerprint density at radius 2 is 2.46 bits per heavy atom. The van der Waals surface area contributed by atoms with E-state index in [9.17, 15) is 4.79 Å². The van der Waals surface area contributed by atoms with Crippen molar-refractivity contribution >= 4 is 30.2 Å². The molecule has 0 aliphatic heterocycles. The summed E-state index contributed by atoms with van der Waals surface area (Å²) < 4.78 is 0. The van der Waals surface area contributed by atoms with E-state index in [0.717, 1.165) is 11.3 Å². The van der Waals surface area contributed by atoms with E-state index in [-0.39, 0.29) is 11.7 Å². The first-order valence-corrected chi connectivity index (χ1v) is 6.03. The number of thioether (sulfide) groups is 1. The lowest BCUT2D eigenvalue weighted by Crippen LogP contribution is -2.15. The molecule has 0 saturated carbocycles. The number of Topliss-reactive ketones (excluding diaryl/α,β-unsaturated/α-hetero) is 1. The van der Waals surface area contributed by atoms with Crippen molar-refractivity contribution in [3.05, 3.63) is 22.0 Å². The van der Waals surface area contributed by atoms with Gasteiger partial charge in [-0.25, -0.2) is 0 Å². The molecule has 1 nitrogen and oxygen atoms in total. The number of carbonyl (C=O) groups is 1. The maximum atomic E-state index is 11.4. The van der Waals surface area contributed by atoms with Gasteiger partial charge in [0.1, 0.15) is 5.78 Å². The van der Waals surface area contributed by atoms with Crippen molar-refractivity contribution in [1.29, 1.82) is 0 Å². The molecule has 0 aromatic heterocycles. The smallest absolute Gasteiger partial charge is 0.140 e. The Kier molecular flexibility index (Phi) is 4.13. The van der Waals surface area contributed by atoms with E-state index < -0.39 is 0 Å². The number of thiol groups is 1. The topological polar surface area (TPSA) is 17.1 Å².